The number of hydrogen-bond acceptors (Lipinski definition) is 5. The van der Waals surface area contributed by atoms with E-state index < -0.39 is 0 Å². The topological polar surface area (TPSA) is 72.3 Å². The first-order valence-electron chi connectivity index (χ1n) is 11.1. The number of carbonyl (C=O) groups is 1. The molecule has 0 radical (unpaired) electrons. The molecule has 0 atom stereocenters. The van der Waals surface area contributed by atoms with Crippen LogP contribution in [0.2, 0.25) is 0 Å². The summed E-state index contributed by atoms with van der Waals surface area (Å²) in [4.78, 5) is 19.5. The predicted octanol–water partition coefficient (Wildman–Crippen LogP) is 3.53. The minimum Gasteiger partial charge on any atom is -0.497 e. The van der Waals surface area contributed by atoms with E-state index in [1.807, 2.05) is 44.2 Å². The fourth-order valence-corrected chi connectivity index (χ4v) is 4.18. The summed E-state index contributed by atoms with van der Waals surface area (Å²) in [7, 11) is 1.69. The van der Waals surface area contributed by atoms with E-state index in [0.29, 0.717) is 18.0 Å². The number of nitrogens with one attached hydrogen (secondary N) is 1. The fourth-order valence-electron chi connectivity index (χ4n) is 4.18. The van der Waals surface area contributed by atoms with Gasteiger partial charge in [0.2, 0.25) is 0 Å². The van der Waals surface area contributed by atoms with Crippen LogP contribution >= 0.6 is 0 Å². The van der Waals surface area contributed by atoms with E-state index in [2.05, 4.69) is 32.4 Å². The second kappa shape index (κ2) is 9.96. The minimum atomic E-state index is -0.0712. The Bertz CT molecular complexity index is 1040. The summed E-state index contributed by atoms with van der Waals surface area (Å²) in [5.41, 5.74) is 3.84. The Hall–Kier alpha value is -3.19. The van der Waals surface area contributed by atoms with Gasteiger partial charge in [0.25, 0.3) is 5.91 Å². The Labute approximate surface area is 189 Å². The second-order valence-corrected chi connectivity index (χ2v) is 8.52. The molecule has 1 saturated heterocycles. The number of hydrogen-bond donors (Lipinski definition) is 1. The molecule has 0 aliphatic carbocycles. The maximum atomic E-state index is 12.6. The summed E-state index contributed by atoms with van der Waals surface area (Å²) in [5.74, 6) is 2.04. The van der Waals surface area contributed by atoms with Gasteiger partial charge in [0.15, 0.2) is 5.82 Å². The summed E-state index contributed by atoms with van der Waals surface area (Å²) in [6.45, 7) is 7.70. The summed E-state index contributed by atoms with van der Waals surface area (Å²) in [6, 6.07) is 13.9. The van der Waals surface area contributed by atoms with Crippen LogP contribution in [0.25, 0.3) is 5.82 Å². The molecule has 1 N–H and O–H groups in total. The van der Waals surface area contributed by atoms with Crippen molar-refractivity contribution in [3.8, 4) is 11.6 Å². The highest BCUT2D eigenvalue weighted by atomic mass is 16.5. The molecule has 1 aromatic carbocycles. The number of carbonyl (C=O) groups excluding carboxylic acids is 1. The average molecular weight is 434 g/mol. The highest BCUT2D eigenvalue weighted by molar-refractivity contribution is 5.93. The Balaban J connectivity index is 1.23. The zero-order valence-electron chi connectivity index (χ0n) is 19.0. The van der Waals surface area contributed by atoms with Crippen molar-refractivity contribution >= 4 is 5.91 Å². The summed E-state index contributed by atoms with van der Waals surface area (Å²) in [6.07, 6.45) is 3.80. The van der Waals surface area contributed by atoms with Gasteiger partial charge in [-0.1, -0.05) is 12.1 Å². The van der Waals surface area contributed by atoms with E-state index in [1.165, 1.54) is 5.56 Å². The van der Waals surface area contributed by atoms with E-state index in [1.54, 1.807) is 18.0 Å². The molecule has 1 aliphatic rings. The smallest absolute Gasteiger partial charge is 0.252 e. The lowest BCUT2D eigenvalue weighted by Crippen LogP contribution is -2.38. The lowest BCUT2D eigenvalue weighted by Gasteiger charge is -2.32. The lowest BCUT2D eigenvalue weighted by atomic mass is 9.96. The van der Waals surface area contributed by atoms with Crippen molar-refractivity contribution < 1.29 is 9.53 Å². The van der Waals surface area contributed by atoms with Crippen molar-refractivity contribution in [2.45, 2.75) is 33.2 Å². The van der Waals surface area contributed by atoms with Gasteiger partial charge < -0.3 is 10.1 Å². The van der Waals surface area contributed by atoms with Gasteiger partial charge in [0.1, 0.15) is 5.75 Å². The number of rotatable bonds is 7. The van der Waals surface area contributed by atoms with Crippen LogP contribution in [0.5, 0.6) is 5.75 Å². The molecule has 168 valence electrons. The SMILES string of the molecule is COc1ccc(CN2CCC(CNC(=O)c3ccc(-n4nc(C)cc4C)nc3)CC2)cc1. The minimum absolute atomic E-state index is 0.0712. The largest absolute Gasteiger partial charge is 0.497 e. The number of methoxy groups -OCH3 is 1. The van der Waals surface area contributed by atoms with Gasteiger partial charge >= 0.3 is 0 Å². The van der Waals surface area contributed by atoms with Crippen molar-refractivity contribution in [3.63, 3.8) is 0 Å². The van der Waals surface area contributed by atoms with Crippen LogP contribution in [0.3, 0.4) is 0 Å². The molecule has 7 heteroatoms. The Morgan fingerprint density at radius 3 is 2.47 bits per heavy atom. The van der Waals surface area contributed by atoms with Crippen molar-refractivity contribution in [2.75, 3.05) is 26.7 Å². The molecule has 1 fully saturated rings. The van der Waals surface area contributed by atoms with Gasteiger partial charge in [-0.15, -0.1) is 0 Å². The van der Waals surface area contributed by atoms with Crippen LogP contribution in [0.1, 0.15) is 40.2 Å². The second-order valence-electron chi connectivity index (χ2n) is 8.52. The van der Waals surface area contributed by atoms with Crippen molar-refractivity contribution in [3.05, 3.63) is 71.2 Å². The summed E-state index contributed by atoms with van der Waals surface area (Å²) >= 11 is 0. The molecule has 0 bridgehead atoms. The zero-order chi connectivity index (χ0) is 22.5. The Morgan fingerprint density at radius 2 is 1.88 bits per heavy atom. The van der Waals surface area contributed by atoms with E-state index in [4.69, 9.17) is 4.74 Å². The molecular weight excluding hydrogens is 402 g/mol. The number of likely N-dealkylation sites (tertiary alicyclic amines) is 1. The third-order valence-corrected chi connectivity index (χ3v) is 6.06. The van der Waals surface area contributed by atoms with Crippen molar-refractivity contribution in [2.24, 2.45) is 5.92 Å². The summed E-state index contributed by atoms with van der Waals surface area (Å²) < 4.78 is 7.02. The number of amides is 1. The maximum absolute atomic E-state index is 12.6. The van der Waals surface area contributed by atoms with E-state index in [0.717, 1.165) is 55.4 Å². The van der Waals surface area contributed by atoms with Crippen LogP contribution in [-0.2, 0) is 6.54 Å². The van der Waals surface area contributed by atoms with Gasteiger partial charge in [-0.05, 0) is 81.6 Å². The Morgan fingerprint density at radius 1 is 1.12 bits per heavy atom. The predicted molar refractivity (Wildman–Crippen MR) is 124 cm³/mol. The number of nitrogens with zero attached hydrogens (tertiary/aromatic N) is 4. The standard InChI is InChI=1S/C25H31N5O2/c1-18-14-19(2)30(28-18)24-9-6-22(16-26-24)25(31)27-15-20-10-12-29(13-11-20)17-21-4-7-23(32-3)8-5-21/h4-9,14,16,20H,10-13,15,17H2,1-3H3,(H,27,31). The number of aromatic nitrogens is 3. The van der Waals surface area contributed by atoms with Gasteiger partial charge in [-0.2, -0.15) is 5.10 Å². The van der Waals surface area contributed by atoms with Crippen LogP contribution in [0, 0.1) is 19.8 Å². The van der Waals surface area contributed by atoms with Crippen LogP contribution in [0.4, 0.5) is 0 Å². The van der Waals surface area contributed by atoms with Crippen molar-refractivity contribution in [1.82, 2.24) is 25.0 Å². The molecule has 32 heavy (non-hydrogen) atoms. The summed E-state index contributed by atoms with van der Waals surface area (Å²) in [5, 5.41) is 7.52. The highest BCUT2D eigenvalue weighted by Gasteiger charge is 2.20. The molecule has 1 amide bonds. The molecule has 2 aromatic heterocycles. The first kappa shape index (κ1) is 22.0. The van der Waals surface area contributed by atoms with Crippen LogP contribution in [-0.4, -0.2) is 52.3 Å². The molecule has 1 aliphatic heterocycles. The maximum Gasteiger partial charge on any atom is 0.252 e. The van der Waals surface area contributed by atoms with Crippen molar-refractivity contribution in [1.29, 1.82) is 0 Å². The van der Waals surface area contributed by atoms with Gasteiger partial charge in [0, 0.05) is 25.0 Å². The number of ether oxygens (including phenoxy) is 1. The highest BCUT2D eigenvalue weighted by Crippen LogP contribution is 2.20. The molecule has 3 aromatic rings. The normalized spacial score (nSPS) is 15.0. The number of aryl methyl sites for hydroxylation is 2. The number of pyridine rings is 1. The molecule has 0 unspecified atom stereocenters. The third kappa shape index (κ3) is 5.34. The first-order chi connectivity index (χ1) is 15.5. The lowest BCUT2D eigenvalue weighted by molar-refractivity contribution is 0.0935. The molecule has 0 saturated carbocycles. The van der Waals surface area contributed by atoms with E-state index >= 15 is 0 Å². The van der Waals surface area contributed by atoms with E-state index in [-0.39, 0.29) is 5.91 Å². The molecule has 0 spiro atoms. The first-order valence-corrected chi connectivity index (χ1v) is 11.1. The molecule has 3 heterocycles. The quantitative estimate of drug-likeness (QED) is 0.617. The fraction of sp³-hybridized carbons (Fsp3) is 0.400. The molecular formula is C25H31N5O2. The number of benzene rings is 1. The Kier molecular flexibility index (Phi) is 6.85. The van der Waals surface area contributed by atoms with Gasteiger partial charge in [-0.25, -0.2) is 9.67 Å². The van der Waals surface area contributed by atoms with Crippen LogP contribution < -0.4 is 10.1 Å². The van der Waals surface area contributed by atoms with Gasteiger partial charge in [-0.3, -0.25) is 9.69 Å². The molecule has 4 rings (SSSR count). The van der Waals surface area contributed by atoms with Crippen LogP contribution in [0.15, 0.2) is 48.7 Å². The van der Waals surface area contributed by atoms with Gasteiger partial charge in [0.05, 0.1) is 18.4 Å². The van der Waals surface area contributed by atoms with E-state index in [9.17, 15) is 4.79 Å². The third-order valence-electron chi connectivity index (χ3n) is 6.06. The molecule has 7 nitrogen and oxygen atoms in total. The number of piperidine rings is 1. The average Bonchev–Trinajstić information content (AvgIpc) is 3.16. The monoisotopic (exact) mass is 433 g/mol. The zero-order valence-corrected chi connectivity index (χ0v) is 19.0.